The number of allylic oxidation sites excluding steroid dienone is 6. The molecule has 0 heterocycles. The largest absolute Gasteiger partial charge is 0.756 e. The van der Waals surface area contributed by atoms with Crippen molar-refractivity contribution in [2.75, 3.05) is 40.9 Å². The van der Waals surface area contributed by atoms with Gasteiger partial charge in [0, 0.05) is 6.42 Å². The third-order valence-corrected chi connectivity index (χ3v) is 13.1. The third kappa shape index (κ3) is 48.5. The second-order valence-corrected chi connectivity index (χ2v) is 21.0. The molecule has 3 unspecified atom stereocenters. The second kappa shape index (κ2) is 45.9. The van der Waals surface area contributed by atoms with Gasteiger partial charge in [0.15, 0.2) is 0 Å². The van der Waals surface area contributed by atoms with Crippen LogP contribution in [0.4, 0.5) is 0 Å². The molecule has 63 heavy (non-hydrogen) atoms. The lowest BCUT2D eigenvalue weighted by molar-refractivity contribution is -0.870. The lowest BCUT2D eigenvalue weighted by Gasteiger charge is -2.30. The first-order chi connectivity index (χ1) is 30.5. The van der Waals surface area contributed by atoms with Gasteiger partial charge in [-0.2, -0.15) is 0 Å². The summed E-state index contributed by atoms with van der Waals surface area (Å²) < 4.78 is 23.3. The fourth-order valence-corrected chi connectivity index (χ4v) is 8.66. The van der Waals surface area contributed by atoms with Gasteiger partial charge in [0.25, 0.3) is 7.82 Å². The summed E-state index contributed by atoms with van der Waals surface area (Å²) in [4.78, 5) is 25.4. The molecular formula is C54H105N2O6P. The molecule has 0 rings (SSSR count). The summed E-state index contributed by atoms with van der Waals surface area (Å²) in [5.41, 5.74) is 0. The van der Waals surface area contributed by atoms with E-state index in [-0.39, 0.29) is 19.1 Å². The summed E-state index contributed by atoms with van der Waals surface area (Å²) in [5.74, 6) is -0.192. The number of aliphatic hydroxyl groups is 1. The Morgan fingerprint density at radius 1 is 0.571 bits per heavy atom. The predicted octanol–water partition coefficient (Wildman–Crippen LogP) is 15.2. The predicted molar refractivity (Wildman–Crippen MR) is 270 cm³/mol. The number of unbranched alkanes of at least 4 members (excludes halogenated alkanes) is 30. The molecule has 0 fully saturated rings. The van der Waals surface area contributed by atoms with Gasteiger partial charge in [-0.25, -0.2) is 0 Å². The molecule has 3 atom stereocenters. The van der Waals surface area contributed by atoms with Gasteiger partial charge in [-0.1, -0.05) is 237 Å². The van der Waals surface area contributed by atoms with E-state index in [0.29, 0.717) is 23.9 Å². The van der Waals surface area contributed by atoms with Crippen LogP contribution in [0.25, 0.3) is 0 Å². The molecule has 0 aliphatic heterocycles. The van der Waals surface area contributed by atoms with E-state index < -0.39 is 20.0 Å². The number of phosphoric acid groups is 1. The highest BCUT2D eigenvalue weighted by Crippen LogP contribution is 2.38. The number of phosphoric ester groups is 1. The summed E-state index contributed by atoms with van der Waals surface area (Å²) >= 11 is 0. The number of hydrogen-bond acceptors (Lipinski definition) is 6. The Hall–Kier alpha value is -1.28. The van der Waals surface area contributed by atoms with Crippen LogP contribution in [0.15, 0.2) is 36.5 Å². The molecule has 9 heteroatoms. The first-order valence-corrected chi connectivity index (χ1v) is 28.3. The van der Waals surface area contributed by atoms with E-state index in [1.807, 2.05) is 21.1 Å². The van der Waals surface area contributed by atoms with Gasteiger partial charge in [-0.3, -0.25) is 9.36 Å². The Morgan fingerprint density at radius 3 is 1.40 bits per heavy atom. The topological polar surface area (TPSA) is 108 Å². The molecule has 2 N–H and O–H groups in total. The second-order valence-electron chi connectivity index (χ2n) is 19.6. The van der Waals surface area contributed by atoms with Crippen molar-refractivity contribution in [3.05, 3.63) is 36.5 Å². The number of carbonyl (C=O) groups is 1. The van der Waals surface area contributed by atoms with Crippen LogP contribution < -0.4 is 10.2 Å². The third-order valence-electron chi connectivity index (χ3n) is 12.1. The number of hydrogen-bond donors (Lipinski definition) is 2. The molecule has 1 amide bonds. The summed E-state index contributed by atoms with van der Waals surface area (Å²) in [6.07, 6.45) is 57.6. The van der Waals surface area contributed by atoms with Crippen molar-refractivity contribution in [2.24, 2.45) is 0 Å². The molecule has 8 nitrogen and oxygen atoms in total. The fraction of sp³-hybridized carbons (Fsp3) is 0.870. The molecule has 0 aliphatic carbocycles. The molecule has 0 aromatic carbocycles. The van der Waals surface area contributed by atoms with E-state index in [1.165, 1.54) is 161 Å². The van der Waals surface area contributed by atoms with Crippen molar-refractivity contribution in [1.29, 1.82) is 0 Å². The molecular weight excluding hydrogens is 804 g/mol. The zero-order chi connectivity index (χ0) is 46.4. The highest BCUT2D eigenvalue weighted by molar-refractivity contribution is 7.45. The molecule has 0 bridgehead atoms. The average Bonchev–Trinajstić information content (AvgIpc) is 3.24. The first kappa shape index (κ1) is 61.7. The van der Waals surface area contributed by atoms with Crippen LogP contribution in [-0.4, -0.2) is 68.5 Å². The standard InChI is InChI=1S/C54H105N2O6P/c1-6-8-10-12-14-16-18-20-21-22-23-24-25-26-27-28-29-30-31-32-33-34-36-37-39-41-43-45-47-53(57)52(51-62-63(59,60)61-50-49-56(3,4)5)55-54(58)48-46-44-42-40-38-35-19-17-15-13-11-9-7-2/h9,11,15,17,35,38,52-53,57H,6-8,10,12-14,16,18-34,36-37,39-51H2,1-5H3,(H-,55,58,59,60)/b11-9-,17-15-,38-35-. The molecule has 0 aliphatic rings. The number of likely N-dealkylation sites (N-methyl/N-ethyl adjacent to an activating group) is 1. The number of aliphatic hydroxyl groups excluding tert-OH is 1. The van der Waals surface area contributed by atoms with E-state index in [9.17, 15) is 19.4 Å². The Labute approximate surface area is 391 Å². The highest BCUT2D eigenvalue weighted by atomic mass is 31.2. The summed E-state index contributed by atoms with van der Waals surface area (Å²) in [6.45, 7) is 4.60. The van der Waals surface area contributed by atoms with Crippen LogP contribution in [0.5, 0.6) is 0 Å². The van der Waals surface area contributed by atoms with Crippen molar-refractivity contribution in [3.63, 3.8) is 0 Å². The van der Waals surface area contributed by atoms with E-state index in [0.717, 1.165) is 64.2 Å². The van der Waals surface area contributed by atoms with Crippen molar-refractivity contribution >= 4 is 13.7 Å². The Morgan fingerprint density at radius 2 is 0.968 bits per heavy atom. The van der Waals surface area contributed by atoms with Crippen molar-refractivity contribution in [3.8, 4) is 0 Å². The zero-order valence-corrected chi connectivity index (χ0v) is 43.2. The van der Waals surface area contributed by atoms with Crippen molar-refractivity contribution < 1.29 is 32.9 Å². The van der Waals surface area contributed by atoms with Crippen molar-refractivity contribution in [1.82, 2.24) is 5.32 Å². The van der Waals surface area contributed by atoms with Crippen molar-refractivity contribution in [2.45, 2.75) is 264 Å². The number of rotatable bonds is 49. The van der Waals surface area contributed by atoms with Gasteiger partial charge in [-0.15, -0.1) is 0 Å². The summed E-state index contributed by atoms with van der Waals surface area (Å²) in [6, 6.07) is -0.816. The molecule has 0 aromatic heterocycles. The lowest BCUT2D eigenvalue weighted by atomic mass is 10.0. The maximum atomic E-state index is 12.9. The summed E-state index contributed by atoms with van der Waals surface area (Å²) in [7, 11) is 1.29. The molecule has 0 aromatic rings. The Balaban J connectivity index is 4.10. The summed E-state index contributed by atoms with van der Waals surface area (Å²) in [5, 5.41) is 13.9. The number of carbonyl (C=O) groups excluding carboxylic acids is 1. The monoisotopic (exact) mass is 909 g/mol. The highest BCUT2D eigenvalue weighted by Gasteiger charge is 2.24. The minimum absolute atomic E-state index is 0.00597. The smallest absolute Gasteiger partial charge is 0.268 e. The normalized spacial score (nSPS) is 14.3. The Bertz CT molecular complexity index is 1120. The fourth-order valence-electron chi connectivity index (χ4n) is 7.94. The van der Waals surface area contributed by atoms with E-state index in [4.69, 9.17) is 9.05 Å². The van der Waals surface area contributed by atoms with E-state index in [2.05, 4.69) is 55.6 Å². The number of quaternary nitrogens is 1. The maximum absolute atomic E-state index is 12.9. The molecule has 0 saturated carbocycles. The van der Waals surface area contributed by atoms with Gasteiger partial charge in [-0.05, 0) is 44.9 Å². The number of amides is 1. The van der Waals surface area contributed by atoms with Crippen LogP contribution in [0.1, 0.15) is 251 Å². The minimum atomic E-state index is -4.58. The molecule has 0 spiro atoms. The zero-order valence-electron chi connectivity index (χ0n) is 42.3. The number of nitrogens with one attached hydrogen (secondary N) is 1. The van der Waals surface area contributed by atoms with Crippen LogP contribution in [0, 0.1) is 0 Å². The van der Waals surface area contributed by atoms with Gasteiger partial charge >= 0.3 is 0 Å². The lowest BCUT2D eigenvalue weighted by Crippen LogP contribution is -2.46. The van der Waals surface area contributed by atoms with Gasteiger partial charge in [0.05, 0.1) is 39.9 Å². The maximum Gasteiger partial charge on any atom is 0.268 e. The van der Waals surface area contributed by atoms with E-state index in [1.54, 1.807) is 0 Å². The van der Waals surface area contributed by atoms with Gasteiger partial charge in [0.2, 0.25) is 5.91 Å². The molecule has 0 saturated heterocycles. The average molecular weight is 909 g/mol. The number of nitrogens with zero attached hydrogens (tertiary/aromatic N) is 1. The van der Waals surface area contributed by atoms with Gasteiger partial charge < -0.3 is 28.8 Å². The quantitative estimate of drug-likeness (QED) is 0.0272. The van der Waals surface area contributed by atoms with Crippen LogP contribution in [-0.2, 0) is 18.4 Å². The minimum Gasteiger partial charge on any atom is -0.756 e. The molecule has 372 valence electrons. The van der Waals surface area contributed by atoms with Crippen LogP contribution >= 0.6 is 7.82 Å². The molecule has 0 radical (unpaired) electrons. The Kier molecular flexibility index (Phi) is 44.9. The van der Waals surface area contributed by atoms with Crippen LogP contribution in [0.3, 0.4) is 0 Å². The first-order valence-electron chi connectivity index (χ1n) is 26.8. The van der Waals surface area contributed by atoms with Gasteiger partial charge in [0.1, 0.15) is 13.2 Å². The van der Waals surface area contributed by atoms with E-state index >= 15 is 0 Å². The SMILES string of the molecule is CC/C=C\C/C=C\C/C=C\CCCCCC(=O)NC(COP(=O)([O-])OCC[N+](C)(C)C)C(O)CCCCCCCCCCCCCCCCCCCCCCCCCCCCCC. The van der Waals surface area contributed by atoms with Crippen LogP contribution in [0.2, 0.25) is 0 Å².